The van der Waals surface area contributed by atoms with Gasteiger partial charge in [-0.3, -0.25) is 0 Å². The Labute approximate surface area is 266 Å². The first kappa shape index (κ1) is 35.2. The van der Waals surface area contributed by atoms with Gasteiger partial charge in [-0.25, -0.2) is 4.21 Å². The predicted molar refractivity (Wildman–Crippen MR) is 186 cm³/mol. The Morgan fingerprint density at radius 3 is 2.12 bits per heavy atom. The molecule has 0 saturated heterocycles. The van der Waals surface area contributed by atoms with E-state index < -0.39 is 11.0 Å². The smallest absolute Gasteiger partial charge is 0.113 e. The maximum absolute atomic E-state index is 11.6. The fourth-order valence-corrected chi connectivity index (χ4v) is 12.1. The minimum absolute atomic E-state index is 0.137. The first-order chi connectivity index (χ1) is 20.5. The second-order valence-electron chi connectivity index (χ2n) is 14.7. The average molecular weight is 604 g/mol. The van der Waals surface area contributed by atoms with E-state index in [2.05, 4.69) is 102 Å². The van der Waals surface area contributed by atoms with Gasteiger partial charge in [-0.05, 0) is 132 Å². The lowest BCUT2D eigenvalue weighted by Gasteiger charge is -2.68. The van der Waals surface area contributed by atoms with Crippen molar-refractivity contribution in [3.05, 3.63) is 49.1 Å². The molecule has 0 heterocycles. The van der Waals surface area contributed by atoms with Gasteiger partial charge in [0.05, 0.1) is 0 Å². The van der Waals surface area contributed by atoms with Crippen LogP contribution in [0.2, 0.25) is 0 Å². The van der Waals surface area contributed by atoms with Crippen molar-refractivity contribution >= 4 is 22.2 Å². The Hall–Kier alpha value is -2.27. The number of nitrogens with one attached hydrogen (secondary N) is 1. The molecule has 236 valence electrons. The van der Waals surface area contributed by atoms with Gasteiger partial charge < -0.3 is 9.83 Å². The molecule has 4 fully saturated rings. The summed E-state index contributed by atoms with van der Waals surface area (Å²) in [5, 5.41) is 10.4. The SMILES string of the molecule is C#C.C#C.C=C.CS(=O)Nc1ccc(C2=CC[C@@]3(C)C(CC[C@@]4(C)C5CC[C@@]6(CO)CCCC6[C@H]5CCC43)C2(C)C)cc1. The van der Waals surface area contributed by atoms with Gasteiger partial charge in [-0.15, -0.1) is 38.9 Å². The molecule has 0 amide bonds. The molecule has 43 heavy (non-hydrogen) atoms. The molecule has 0 bridgehead atoms. The summed E-state index contributed by atoms with van der Waals surface area (Å²) >= 11 is 0. The highest BCUT2D eigenvalue weighted by Gasteiger charge is 2.65. The Morgan fingerprint density at radius 2 is 1.51 bits per heavy atom. The summed E-state index contributed by atoms with van der Waals surface area (Å²) in [7, 11) is -1.05. The highest BCUT2D eigenvalue weighted by molar-refractivity contribution is 7.85. The molecule has 1 aromatic rings. The third-order valence-electron chi connectivity index (χ3n) is 13.0. The number of hydrogen-bond acceptors (Lipinski definition) is 2. The van der Waals surface area contributed by atoms with Crippen molar-refractivity contribution in [3.8, 4) is 25.7 Å². The molecule has 4 saturated carbocycles. The van der Waals surface area contributed by atoms with Crippen molar-refractivity contribution in [2.45, 2.75) is 91.9 Å². The van der Waals surface area contributed by atoms with Crippen LogP contribution < -0.4 is 4.72 Å². The summed E-state index contributed by atoms with van der Waals surface area (Å²) in [5.41, 5.74) is 4.95. The van der Waals surface area contributed by atoms with Crippen molar-refractivity contribution in [2.24, 2.45) is 51.2 Å². The number of aliphatic hydroxyl groups is 1. The van der Waals surface area contributed by atoms with Crippen LogP contribution in [-0.4, -0.2) is 22.2 Å². The molecule has 0 aromatic heterocycles. The van der Waals surface area contributed by atoms with Crippen LogP contribution >= 0.6 is 0 Å². The van der Waals surface area contributed by atoms with Crippen LogP contribution in [0.5, 0.6) is 0 Å². The zero-order valence-electron chi connectivity index (χ0n) is 27.5. The zero-order valence-corrected chi connectivity index (χ0v) is 28.4. The molecule has 5 unspecified atom stereocenters. The van der Waals surface area contributed by atoms with E-state index in [4.69, 9.17) is 0 Å². The minimum atomic E-state index is -1.05. The van der Waals surface area contributed by atoms with Gasteiger partial charge in [-0.1, -0.05) is 52.3 Å². The lowest BCUT2D eigenvalue weighted by molar-refractivity contribution is -0.181. The molecule has 4 heteroatoms. The van der Waals surface area contributed by atoms with Crippen LogP contribution in [0.1, 0.15) is 97.5 Å². The molecule has 5 aliphatic carbocycles. The summed E-state index contributed by atoms with van der Waals surface area (Å²) in [6.07, 6.45) is 33.5. The van der Waals surface area contributed by atoms with Gasteiger partial charge in [0.2, 0.25) is 0 Å². The highest BCUT2D eigenvalue weighted by Crippen LogP contribution is 2.73. The first-order valence-electron chi connectivity index (χ1n) is 16.2. The summed E-state index contributed by atoms with van der Waals surface area (Å²) in [6.45, 7) is 16.8. The maximum Gasteiger partial charge on any atom is 0.113 e. The van der Waals surface area contributed by atoms with E-state index in [0.717, 1.165) is 29.4 Å². The van der Waals surface area contributed by atoms with Crippen LogP contribution in [0.25, 0.3) is 5.57 Å². The van der Waals surface area contributed by atoms with Gasteiger partial charge in [-0.2, -0.15) is 0 Å². The van der Waals surface area contributed by atoms with Crippen LogP contribution in [0.15, 0.2) is 43.5 Å². The number of fused-ring (bicyclic) bond motifs is 7. The minimum Gasteiger partial charge on any atom is -0.396 e. The summed E-state index contributed by atoms with van der Waals surface area (Å²) in [6, 6.07) is 8.61. The fourth-order valence-electron chi connectivity index (χ4n) is 11.6. The standard InChI is InChI=1S/C33H49NO2S.C2H4.2C2H2/c1-30(2)25(22-8-10-23(11-9-22)34-37(5)36)14-18-32(4)28(30)16-19-31(3)26-15-20-33(21-35)17-6-7-27(33)24(26)12-13-29(31)32;3*1-2/h8-11,14,24,26-29,34-35H,6-7,12-13,15-21H2,1-5H3;1-2H2;2*1-2H/t24-,26?,27?,28?,29?,31-,32-,33+,37?;;;/m0.../s1. The number of rotatable bonds is 4. The van der Waals surface area contributed by atoms with E-state index in [0.29, 0.717) is 23.4 Å². The summed E-state index contributed by atoms with van der Waals surface area (Å²) in [5.74, 6) is 3.96. The summed E-state index contributed by atoms with van der Waals surface area (Å²) in [4.78, 5) is 0. The second kappa shape index (κ2) is 13.8. The first-order valence-corrected chi connectivity index (χ1v) is 17.8. The van der Waals surface area contributed by atoms with E-state index in [1.165, 1.54) is 75.3 Å². The van der Waals surface area contributed by atoms with Gasteiger partial charge in [0.25, 0.3) is 0 Å². The van der Waals surface area contributed by atoms with E-state index >= 15 is 0 Å². The van der Waals surface area contributed by atoms with Crippen LogP contribution in [0.4, 0.5) is 5.69 Å². The van der Waals surface area contributed by atoms with E-state index in [-0.39, 0.29) is 10.8 Å². The van der Waals surface area contributed by atoms with Crippen LogP contribution in [0.3, 0.4) is 0 Å². The number of terminal acetylenes is 2. The van der Waals surface area contributed by atoms with Crippen molar-refractivity contribution in [1.82, 2.24) is 0 Å². The monoisotopic (exact) mass is 603 g/mol. The van der Waals surface area contributed by atoms with Gasteiger partial charge >= 0.3 is 0 Å². The molecule has 5 aliphatic rings. The summed E-state index contributed by atoms with van der Waals surface area (Å²) < 4.78 is 14.6. The fraction of sp³-hybridized carbons (Fsp3) is 0.641. The highest BCUT2D eigenvalue weighted by atomic mass is 32.2. The second-order valence-corrected chi connectivity index (χ2v) is 15.9. The molecule has 0 radical (unpaired) electrons. The number of anilines is 1. The predicted octanol–water partition coefficient (Wildman–Crippen LogP) is 9.14. The normalized spacial score (nSPS) is 38.9. The third-order valence-corrected chi connectivity index (χ3v) is 13.6. The molecule has 1 aromatic carbocycles. The lowest BCUT2D eigenvalue weighted by atomic mass is 9.36. The van der Waals surface area contributed by atoms with E-state index in [9.17, 15) is 9.32 Å². The lowest BCUT2D eigenvalue weighted by Crippen LogP contribution is -2.61. The molecule has 6 rings (SSSR count). The molecule has 0 spiro atoms. The number of allylic oxidation sites excluding steroid dienone is 2. The molecule has 2 N–H and O–H groups in total. The van der Waals surface area contributed by atoms with Crippen molar-refractivity contribution in [1.29, 1.82) is 0 Å². The molecular formula is C39H57NO2S. The molecular weight excluding hydrogens is 547 g/mol. The third kappa shape index (κ3) is 5.80. The average Bonchev–Trinajstić information content (AvgIpc) is 3.45. The van der Waals surface area contributed by atoms with Crippen LogP contribution in [0, 0.1) is 76.9 Å². The van der Waals surface area contributed by atoms with Gasteiger partial charge in [0, 0.05) is 18.6 Å². The van der Waals surface area contributed by atoms with E-state index in [1.54, 1.807) is 6.26 Å². The topological polar surface area (TPSA) is 49.3 Å². The Morgan fingerprint density at radius 1 is 0.860 bits per heavy atom. The number of benzene rings is 1. The number of hydrogen-bond donors (Lipinski definition) is 2. The van der Waals surface area contributed by atoms with Crippen molar-refractivity contribution < 1.29 is 9.32 Å². The Bertz CT molecular complexity index is 1190. The van der Waals surface area contributed by atoms with Crippen molar-refractivity contribution in [2.75, 3.05) is 17.6 Å². The van der Waals surface area contributed by atoms with Crippen LogP contribution in [-0.2, 0) is 11.0 Å². The zero-order chi connectivity index (χ0) is 32.2. The quantitative estimate of drug-likeness (QED) is 0.266. The van der Waals surface area contributed by atoms with Gasteiger partial charge in [0.15, 0.2) is 0 Å². The van der Waals surface area contributed by atoms with Gasteiger partial charge in [0.1, 0.15) is 11.0 Å². The molecule has 3 nitrogen and oxygen atoms in total. The van der Waals surface area contributed by atoms with E-state index in [1.807, 2.05) is 0 Å². The number of aliphatic hydroxyl groups excluding tert-OH is 1. The van der Waals surface area contributed by atoms with Crippen molar-refractivity contribution in [3.63, 3.8) is 0 Å². The Balaban J connectivity index is 0.000000796. The largest absolute Gasteiger partial charge is 0.396 e. The molecule has 9 atom stereocenters. The molecule has 0 aliphatic heterocycles. The maximum atomic E-state index is 11.6. The Kier molecular flexibility index (Phi) is 11.3.